The lowest BCUT2D eigenvalue weighted by Gasteiger charge is -2.06. The average molecular weight is 382 g/mol. The molecule has 0 saturated heterocycles. The van der Waals surface area contributed by atoms with Gasteiger partial charge in [-0.15, -0.1) is 0 Å². The Morgan fingerprint density at radius 3 is 2.73 bits per heavy atom. The number of nitrogens with one attached hydrogen (secondary N) is 1. The Kier molecular flexibility index (Phi) is 5.69. The second kappa shape index (κ2) is 7.76. The van der Waals surface area contributed by atoms with Crippen molar-refractivity contribution in [1.82, 2.24) is 5.43 Å². The molecule has 0 radical (unpaired) electrons. The summed E-state index contributed by atoms with van der Waals surface area (Å²) in [7, 11) is -4.72. The first-order chi connectivity index (χ1) is 12.2. The summed E-state index contributed by atoms with van der Waals surface area (Å²) in [6.07, 6.45) is 0.973. The molecule has 1 aromatic heterocycles. The SMILES string of the molecule is Cc1ccc(OCC(=O)N/N=C/c2ccc(S(=O)(=O)[O-])o2)c([N+](=O)[O-])c1. The van der Waals surface area contributed by atoms with Gasteiger partial charge in [-0.05, 0) is 30.7 Å². The number of nitrogens with zero attached hydrogens (tertiary/aromatic N) is 2. The van der Waals surface area contributed by atoms with Crippen LogP contribution in [0.5, 0.6) is 5.75 Å². The molecule has 1 aromatic carbocycles. The summed E-state index contributed by atoms with van der Waals surface area (Å²) >= 11 is 0. The van der Waals surface area contributed by atoms with Crippen LogP contribution in [0.3, 0.4) is 0 Å². The maximum absolute atomic E-state index is 11.6. The van der Waals surface area contributed by atoms with Crippen LogP contribution in [-0.2, 0) is 14.9 Å². The Balaban J connectivity index is 1.92. The maximum Gasteiger partial charge on any atom is 0.311 e. The number of carbonyl (C=O) groups excluding carboxylic acids is 1. The predicted octanol–water partition coefficient (Wildman–Crippen LogP) is 0.929. The summed E-state index contributed by atoms with van der Waals surface area (Å²) < 4.78 is 41.9. The molecule has 11 nitrogen and oxygen atoms in total. The Morgan fingerprint density at radius 1 is 1.38 bits per heavy atom. The number of furan rings is 1. The first kappa shape index (κ1) is 19.1. The smallest absolute Gasteiger partial charge is 0.311 e. The standard InChI is InChI=1S/C14H13N3O8S/c1-9-2-4-12(11(6-9)17(19)20)24-8-13(18)16-15-7-10-3-5-14(25-10)26(21,22)23/h2-7H,8H2,1H3,(H,16,18)(H,21,22,23)/p-1/b15-7+. The zero-order valence-corrected chi connectivity index (χ0v) is 14.1. The summed E-state index contributed by atoms with van der Waals surface area (Å²) in [5, 5.41) is 13.7. The molecule has 0 unspecified atom stereocenters. The van der Waals surface area contributed by atoms with Gasteiger partial charge in [0.15, 0.2) is 22.5 Å². The molecular weight excluding hydrogens is 370 g/mol. The molecule has 0 atom stereocenters. The van der Waals surface area contributed by atoms with Crippen LogP contribution in [0.25, 0.3) is 0 Å². The largest absolute Gasteiger partial charge is 0.742 e. The van der Waals surface area contributed by atoms with E-state index in [4.69, 9.17) is 9.15 Å². The Labute approximate surface area is 147 Å². The van der Waals surface area contributed by atoms with E-state index in [1.54, 1.807) is 13.0 Å². The van der Waals surface area contributed by atoms with Gasteiger partial charge < -0.3 is 13.7 Å². The molecular formula is C14H12N3O8S-. The quantitative estimate of drug-likeness (QED) is 0.320. The third-order valence-corrected chi connectivity index (χ3v) is 3.61. The van der Waals surface area contributed by atoms with Crippen molar-refractivity contribution in [2.45, 2.75) is 12.0 Å². The molecule has 1 amide bonds. The van der Waals surface area contributed by atoms with Gasteiger partial charge in [-0.3, -0.25) is 14.9 Å². The van der Waals surface area contributed by atoms with Gasteiger partial charge in [-0.1, -0.05) is 6.07 Å². The van der Waals surface area contributed by atoms with Crippen molar-refractivity contribution in [2.75, 3.05) is 6.61 Å². The van der Waals surface area contributed by atoms with Gasteiger partial charge in [-0.25, -0.2) is 13.8 Å². The monoisotopic (exact) mass is 382 g/mol. The fourth-order valence-corrected chi connectivity index (χ4v) is 2.21. The number of nitro benzene ring substituents is 1. The van der Waals surface area contributed by atoms with E-state index in [0.29, 0.717) is 5.56 Å². The highest BCUT2D eigenvalue weighted by Crippen LogP contribution is 2.27. The van der Waals surface area contributed by atoms with E-state index in [-0.39, 0.29) is 17.2 Å². The molecule has 26 heavy (non-hydrogen) atoms. The van der Waals surface area contributed by atoms with Crippen LogP contribution in [0.2, 0.25) is 0 Å². The van der Waals surface area contributed by atoms with Crippen LogP contribution in [0.4, 0.5) is 5.69 Å². The molecule has 2 rings (SSSR count). The van der Waals surface area contributed by atoms with Crippen LogP contribution >= 0.6 is 0 Å². The van der Waals surface area contributed by atoms with Crippen molar-refractivity contribution in [1.29, 1.82) is 0 Å². The summed E-state index contributed by atoms with van der Waals surface area (Å²) in [6.45, 7) is 1.13. The first-order valence-electron chi connectivity index (χ1n) is 6.92. The van der Waals surface area contributed by atoms with Crippen molar-refractivity contribution in [3.05, 3.63) is 51.8 Å². The molecule has 0 saturated carbocycles. The fourth-order valence-electron chi connectivity index (χ4n) is 1.77. The zero-order chi connectivity index (χ0) is 19.3. The van der Waals surface area contributed by atoms with Crippen LogP contribution in [0, 0.1) is 17.0 Å². The Hall–Kier alpha value is -3.25. The number of rotatable bonds is 7. The van der Waals surface area contributed by atoms with Gasteiger partial charge in [0.05, 0.1) is 11.1 Å². The van der Waals surface area contributed by atoms with Crippen LogP contribution in [0.1, 0.15) is 11.3 Å². The molecule has 138 valence electrons. The van der Waals surface area contributed by atoms with Crippen molar-refractivity contribution < 1.29 is 31.8 Å². The summed E-state index contributed by atoms with van der Waals surface area (Å²) in [5.41, 5.74) is 2.45. The van der Waals surface area contributed by atoms with E-state index in [9.17, 15) is 27.9 Å². The minimum Gasteiger partial charge on any atom is -0.742 e. The van der Waals surface area contributed by atoms with E-state index in [1.165, 1.54) is 18.2 Å². The lowest BCUT2D eigenvalue weighted by atomic mass is 10.2. The van der Waals surface area contributed by atoms with E-state index in [2.05, 4.69) is 10.5 Å². The number of hydrogen-bond donors (Lipinski definition) is 1. The molecule has 12 heteroatoms. The summed E-state index contributed by atoms with van der Waals surface area (Å²) in [6, 6.07) is 6.40. The molecule has 0 aliphatic carbocycles. The van der Waals surface area contributed by atoms with E-state index < -0.39 is 32.6 Å². The zero-order valence-electron chi connectivity index (χ0n) is 13.2. The summed E-state index contributed by atoms with van der Waals surface area (Å²) in [4.78, 5) is 21.9. The number of nitro groups is 1. The molecule has 1 heterocycles. The van der Waals surface area contributed by atoms with Gasteiger partial charge in [-0.2, -0.15) is 5.10 Å². The highest BCUT2D eigenvalue weighted by molar-refractivity contribution is 7.85. The maximum atomic E-state index is 11.6. The van der Waals surface area contributed by atoms with Gasteiger partial charge in [0.25, 0.3) is 5.91 Å². The normalized spacial score (nSPS) is 11.5. The minimum atomic E-state index is -4.72. The second-order valence-corrected chi connectivity index (χ2v) is 6.23. The molecule has 0 spiro atoms. The number of aryl methyl sites for hydroxylation is 1. The van der Waals surface area contributed by atoms with Crippen LogP contribution < -0.4 is 10.2 Å². The first-order valence-corrected chi connectivity index (χ1v) is 8.33. The third kappa shape index (κ3) is 5.12. The highest BCUT2D eigenvalue weighted by Gasteiger charge is 2.16. The number of hydrogen-bond acceptors (Lipinski definition) is 9. The van der Waals surface area contributed by atoms with Crippen molar-refractivity contribution >= 4 is 27.9 Å². The van der Waals surface area contributed by atoms with Crippen molar-refractivity contribution in [3.63, 3.8) is 0 Å². The topological polar surface area (TPSA) is 164 Å². The van der Waals surface area contributed by atoms with Crippen LogP contribution in [-0.4, -0.2) is 36.6 Å². The average Bonchev–Trinajstić information content (AvgIpc) is 3.02. The predicted molar refractivity (Wildman–Crippen MR) is 85.7 cm³/mol. The Morgan fingerprint density at radius 2 is 2.12 bits per heavy atom. The molecule has 0 bridgehead atoms. The highest BCUT2D eigenvalue weighted by atomic mass is 32.2. The van der Waals surface area contributed by atoms with Crippen LogP contribution in [0.15, 0.2) is 44.9 Å². The molecule has 1 N–H and O–H groups in total. The van der Waals surface area contributed by atoms with E-state index in [0.717, 1.165) is 12.3 Å². The lowest BCUT2D eigenvalue weighted by Crippen LogP contribution is -2.24. The lowest BCUT2D eigenvalue weighted by molar-refractivity contribution is -0.385. The van der Waals surface area contributed by atoms with Gasteiger partial charge in [0, 0.05) is 6.07 Å². The van der Waals surface area contributed by atoms with Gasteiger partial charge in [0.1, 0.15) is 5.76 Å². The molecule has 0 fully saturated rings. The summed E-state index contributed by atoms with van der Waals surface area (Å²) in [5.74, 6) is -0.870. The molecule has 0 aliphatic rings. The number of amides is 1. The number of ether oxygens (including phenoxy) is 1. The fraction of sp³-hybridized carbons (Fsp3) is 0.143. The van der Waals surface area contributed by atoms with Crippen molar-refractivity contribution in [3.8, 4) is 5.75 Å². The van der Waals surface area contributed by atoms with Gasteiger partial charge in [0.2, 0.25) is 5.09 Å². The number of hydrazone groups is 1. The van der Waals surface area contributed by atoms with E-state index >= 15 is 0 Å². The molecule has 2 aromatic rings. The second-order valence-electron chi connectivity index (χ2n) is 4.92. The van der Waals surface area contributed by atoms with E-state index in [1.807, 2.05) is 0 Å². The minimum absolute atomic E-state index is 0.0731. The third-order valence-electron chi connectivity index (χ3n) is 2.90. The molecule has 0 aliphatic heterocycles. The van der Waals surface area contributed by atoms with Crippen molar-refractivity contribution in [2.24, 2.45) is 5.10 Å². The number of benzene rings is 1. The number of carbonyl (C=O) groups is 1. The Bertz CT molecular complexity index is 964. The van der Waals surface area contributed by atoms with Gasteiger partial charge >= 0.3 is 5.69 Å².